The lowest BCUT2D eigenvalue weighted by molar-refractivity contribution is -0.132. The summed E-state index contributed by atoms with van der Waals surface area (Å²) in [5.74, 6) is 0.0915. The van der Waals surface area contributed by atoms with E-state index in [9.17, 15) is 10.1 Å². The summed E-state index contributed by atoms with van der Waals surface area (Å²) in [5.41, 5.74) is 2.42. The fraction of sp³-hybridized carbons (Fsp3) is 0.643. The van der Waals surface area contributed by atoms with E-state index in [2.05, 4.69) is 16.3 Å². The molecule has 1 saturated heterocycles. The third-order valence-corrected chi connectivity index (χ3v) is 3.93. The molecule has 1 aliphatic rings. The largest absolute Gasteiger partial charge is 0.341 e. The van der Waals surface area contributed by atoms with Gasteiger partial charge in [0, 0.05) is 24.3 Å². The number of H-pyrrole nitrogens is 1. The number of nitriles is 1. The Kier molecular flexibility index (Phi) is 3.61. The predicted molar refractivity (Wildman–Crippen MR) is 71.3 cm³/mol. The van der Waals surface area contributed by atoms with Crippen LogP contribution in [0.25, 0.3) is 0 Å². The van der Waals surface area contributed by atoms with E-state index in [-0.39, 0.29) is 5.91 Å². The van der Waals surface area contributed by atoms with Crippen molar-refractivity contribution in [3.63, 3.8) is 0 Å². The first-order chi connectivity index (χ1) is 8.95. The molecule has 1 aromatic rings. The van der Waals surface area contributed by atoms with Crippen molar-refractivity contribution in [1.82, 2.24) is 15.1 Å². The molecule has 5 nitrogen and oxygen atoms in total. The van der Waals surface area contributed by atoms with Crippen molar-refractivity contribution in [3.8, 4) is 6.07 Å². The quantitative estimate of drug-likeness (QED) is 0.880. The Bertz CT molecular complexity index is 509. The molecular formula is C14H20N4O. The van der Waals surface area contributed by atoms with Gasteiger partial charge in [-0.3, -0.25) is 9.89 Å². The molecular weight excluding hydrogens is 240 g/mol. The molecule has 1 aromatic heterocycles. The van der Waals surface area contributed by atoms with Crippen LogP contribution in [-0.2, 0) is 11.2 Å². The van der Waals surface area contributed by atoms with Gasteiger partial charge in [0.1, 0.15) is 0 Å². The van der Waals surface area contributed by atoms with Crippen LogP contribution in [-0.4, -0.2) is 34.1 Å². The van der Waals surface area contributed by atoms with Crippen LogP contribution in [0.15, 0.2) is 0 Å². The molecule has 1 amide bonds. The van der Waals surface area contributed by atoms with Crippen LogP contribution in [0.1, 0.15) is 36.7 Å². The van der Waals surface area contributed by atoms with E-state index in [4.69, 9.17) is 0 Å². The van der Waals surface area contributed by atoms with Gasteiger partial charge in [-0.2, -0.15) is 10.4 Å². The van der Waals surface area contributed by atoms with E-state index < -0.39 is 5.41 Å². The van der Waals surface area contributed by atoms with Crippen molar-refractivity contribution < 1.29 is 4.79 Å². The van der Waals surface area contributed by atoms with Gasteiger partial charge < -0.3 is 4.90 Å². The number of piperidine rings is 1. The van der Waals surface area contributed by atoms with Crippen LogP contribution >= 0.6 is 0 Å². The maximum atomic E-state index is 12.3. The summed E-state index contributed by atoms with van der Waals surface area (Å²) in [6.07, 6.45) is 2.14. The Morgan fingerprint density at radius 2 is 2.32 bits per heavy atom. The van der Waals surface area contributed by atoms with Crippen LogP contribution in [0, 0.1) is 30.6 Å². The summed E-state index contributed by atoms with van der Waals surface area (Å²) >= 11 is 0. The number of likely N-dealkylation sites (tertiary alicyclic amines) is 1. The minimum absolute atomic E-state index is 0.0915. The van der Waals surface area contributed by atoms with Crippen LogP contribution in [0.4, 0.5) is 0 Å². The number of aryl methyl sites for hydroxylation is 2. The first kappa shape index (κ1) is 13.6. The van der Waals surface area contributed by atoms with E-state index in [0.29, 0.717) is 13.0 Å². The number of hydrogen-bond acceptors (Lipinski definition) is 3. The van der Waals surface area contributed by atoms with Crippen molar-refractivity contribution in [3.05, 3.63) is 17.0 Å². The number of nitrogens with zero attached hydrogens (tertiary/aromatic N) is 3. The Hall–Kier alpha value is -1.83. The number of amides is 1. The summed E-state index contributed by atoms with van der Waals surface area (Å²) < 4.78 is 0. The highest BCUT2D eigenvalue weighted by atomic mass is 16.2. The number of aromatic nitrogens is 2. The first-order valence-corrected chi connectivity index (χ1v) is 6.65. The molecule has 1 atom stereocenters. The van der Waals surface area contributed by atoms with E-state index in [1.54, 1.807) is 0 Å². The van der Waals surface area contributed by atoms with Crippen LogP contribution < -0.4 is 0 Å². The lowest BCUT2D eigenvalue weighted by Crippen LogP contribution is -2.44. The second-order valence-electron chi connectivity index (χ2n) is 5.68. The Morgan fingerprint density at radius 3 is 2.89 bits per heavy atom. The predicted octanol–water partition coefficient (Wildman–Crippen LogP) is 1.72. The molecule has 2 rings (SSSR count). The van der Waals surface area contributed by atoms with Crippen molar-refractivity contribution in [2.24, 2.45) is 5.41 Å². The average Bonchev–Trinajstić information content (AvgIpc) is 2.70. The zero-order chi connectivity index (χ0) is 14.0. The Labute approximate surface area is 113 Å². The van der Waals surface area contributed by atoms with Crippen LogP contribution in [0.2, 0.25) is 0 Å². The van der Waals surface area contributed by atoms with Gasteiger partial charge in [0.05, 0.1) is 23.6 Å². The minimum atomic E-state index is -0.394. The third kappa shape index (κ3) is 2.78. The molecule has 0 aliphatic carbocycles. The van der Waals surface area contributed by atoms with Gasteiger partial charge in [0.25, 0.3) is 0 Å². The Morgan fingerprint density at radius 1 is 1.58 bits per heavy atom. The third-order valence-electron chi connectivity index (χ3n) is 3.93. The van der Waals surface area contributed by atoms with Gasteiger partial charge in [-0.15, -0.1) is 0 Å². The molecule has 0 radical (unpaired) electrons. The fourth-order valence-corrected chi connectivity index (χ4v) is 2.64. The van der Waals surface area contributed by atoms with E-state index >= 15 is 0 Å². The van der Waals surface area contributed by atoms with E-state index in [0.717, 1.165) is 36.3 Å². The monoisotopic (exact) mass is 260 g/mol. The molecule has 102 valence electrons. The fourth-order valence-electron chi connectivity index (χ4n) is 2.64. The molecule has 0 saturated carbocycles. The SMILES string of the molecule is Cc1n[nH]c(C)c1CC(=O)N1CCC[C@@](C)(C#N)C1. The summed E-state index contributed by atoms with van der Waals surface area (Å²) in [7, 11) is 0. The van der Waals surface area contributed by atoms with E-state index in [1.165, 1.54) is 0 Å². The smallest absolute Gasteiger partial charge is 0.227 e. The summed E-state index contributed by atoms with van der Waals surface area (Å²) in [5, 5.41) is 16.2. The zero-order valence-corrected chi connectivity index (χ0v) is 11.8. The highest BCUT2D eigenvalue weighted by Crippen LogP contribution is 2.28. The molecule has 0 bridgehead atoms. The summed E-state index contributed by atoms with van der Waals surface area (Å²) in [6, 6.07) is 2.33. The number of rotatable bonds is 2. The van der Waals surface area contributed by atoms with Gasteiger partial charge in [0.15, 0.2) is 0 Å². The molecule has 1 fully saturated rings. The number of carbonyl (C=O) groups is 1. The van der Waals surface area contributed by atoms with Crippen molar-refractivity contribution >= 4 is 5.91 Å². The normalized spacial score (nSPS) is 23.2. The number of carbonyl (C=O) groups excluding carboxylic acids is 1. The van der Waals surface area contributed by atoms with E-state index in [1.807, 2.05) is 25.7 Å². The highest BCUT2D eigenvalue weighted by molar-refractivity contribution is 5.79. The number of nitrogens with one attached hydrogen (secondary N) is 1. The summed E-state index contributed by atoms with van der Waals surface area (Å²) in [4.78, 5) is 14.2. The number of hydrogen-bond donors (Lipinski definition) is 1. The van der Waals surface area contributed by atoms with Gasteiger partial charge in [-0.25, -0.2) is 0 Å². The molecule has 0 aromatic carbocycles. The van der Waals surface area contributed by atoms with Gasteiger partial charge >= 0.3 is 0 Å². The molecule has 1 N–H and O–H groups in total. The average molecular weight is 260 g/mol. The molecule has 19 heavy (non-hydrogen) atoms. The Balaban J connectivity index is 2.07. The molecule has 2 heterocycles. The van der Waals surface area contributed by atoms with Crippen molar-refractivity contribution in [2.75, 3.05) is 13.1 Å². The van der Waals surface area contributed by atoms with Crippen molar-refractivity contribution in [1.29, 1.82) is 5.26 Å². The van der Waals surface area contributed by atoms with Crippen molar-refractivity contribution in [2.45, 2.75) is 40.0 Å². The topological polar surface area (TPSA) is 72.8 Å². The standard InChI is InChI=1S/C14H20N4O/c1-10-12(11(2)17-16-10)7-13(19)18-6-4-5-14(3,8-15)9-18/h4-7,9H2,1-3H3,(H,16,17)/t14-/m0/s1. The van der Waals surface area contributed by atoms with Crippen LogP contribution in [0.3, 0.4) is 0 Å². The minimum Gasteiger partial charge on any atom is -0.341 e. The molecule has 1 aliphatic heterocycles. The second kappa shape index (κ2) is 5.04. The molecule has 0 unspecified atom stereocenters. The van der Waals surface area contributed by atoms with Crippen LogP contribution in [0.5, 0.6) is 0 Å². The maximum absolute atomic E-state index is 12.3. The second-order valence-corrected chi connectivity index (χ2v) is 5.68. The maximum Gasteiger partial charge on any atom is 0.227 e. The lowest BCUT2D eigenvalue weighted by atomic mass is 9.83. The lowest BCUT2D eigenvalue weighted by Gasteiger charge is -2.36. The molecule has 5 heteroatoms. The van der Waals surface area contributed by atoms with Gasteiger partial charge in [-0.05, 0) is 33.6 Å². The van der Waals surface area contributed by atoms with Gasteiger partial charge in [0.2, 0.25) is 5.91 Å². The number of aromatic amines is 1. The van der Waals surface area contributed by atoms with Gasteiger partial charge in [-0.1, -0.05) is 0 Å². The molecule has 0 spiro atoms. The zero-order valence-electron chi connectivity index (χ0n) is 11.8. The highest BCUT2D eigenvalue weighted by Gasteiger charge is 2.33. The summed E-state index contributed by atoms with van der Waals surface area (Å²) in [6.45, 7) is 7.06. The first-order valence-electron chi connectivity index (χ1n) is 6.65.